The molecular weight excluding hydrogens is 244 g/mol. The lowest BCUT2D eigenvalue weighted by molar-refractivity contribution is 0.171. The van der Waals surface area contributed by atoms with Crippen molar-refractivity contribution in [2.24, 2.45) is 5.92 Å². The van der Waals surface area contributed by atoms with E-state index in [1.807, 2.05) is 0 Å². The predicted molar refractivity (Wildman–Crippen MR) is 86.7 cm³/mol. The monoisotopic (exact) mass is 274 g/mol. The summed E-state index contributed by atoms with van der Waals surface area (Å²) in [7, 11) is 0. The van der Waals surface area contributed by atoms with Gasteiger partial charge in [-0.15, -0.1) is 0 Å². The lowest BCUT2D eigenvalue weighted by atomic mass is 9.92. The fourth-order valence-electron chi connectivity index (χ4n) is 3.23. The second-order valence-corrected chi connectivity index (χ2v) is 6.06. The Hall–Kier alpha value is -0.860. The molecule has 2 rings (SSSR count). The second kappa shape index (κ2) is 8.43. The van der Waals surface area contributed by atoms with Gasteiger partial charge in [0.1, 0.15) is 0 Å². The van der Waals surface area contributed by atoms with Crippen molar-refractivity contribution in [2.45, 2.75) is 52.6 Å². The Morgan fingerprint density at radius 1 is 1.10 bits per heavy atom. The minimum absolute atomic E-state index is 0.980. The summed E-state index contributed by atoms with van der Waals surface area (Å²) in [5.74, 6) is 0.980. The summed E-state index contributed by atoms with van der Waals surface area (Å²) in [5.41, 5.74) is 2.97. The van der Waals surface area contributed by atoms with Crippen LogP contribution in [-0.2, 0) is 13.1 Å². The van der Waals surface area contributed by atoms with Gasteiger partial charge in [-0.3, -0.25) is 4.90 Å². The van der Waals surface area contributed by atoms with E-state index in [1.54, 1.807) is 0 Å². The first-order valence-corrected chi connectivity index (χ1v) is 8.33. The van der Waals surface area contributed by atoms with Crippen LogP contribution in [0.1, 0.15) is 50.7 Å². The summed E-state index contributed by atoms with van der Waals surface area (Å²) in [6, 6.07) is 8.89. The zero-order chi connectivity index (χ0) is 14.2. The van der Waals surface area contributed by atoms with E-state index in [-0.39, 0.29) is 0 Å². The minimum atomic E-state index is 0.980. The molecule has 0 saturated carbocycles. The SMILES string of the molecule is CCCC1CCN(Cc2ccccc2CNCC)CC1. The van der Waals surface area contributed by atoms with Crippen molar-refractivity contribution in [1.29, 1.82) is 0 Å². The van der Waals surface area contributed by atoms with E-state index in [9.17, 15) is 0 Å². The van der Waals surface area contributed by atoms with Crippen molar-refractivity contribution in [3.8, 4) is 0 Å². The Bertz CT molecular complexity index is 381. The maximum Gasteiger partial charge on any atom is 0.0236 e. The van der Waals surface area contributed by atoms with Gasteiger partial charge in [0.25, 0.3) is 0 Å². The lowest BCUT2D eigenvalue weighted by Gasteiger charge is -2.32. The van der Waals surface area contributed by atoms with E-state index in [0.717, 1.165) is 25.6 Å². The number of nitrogens with one attached hydrogen (secondary N) is 1. The Labute approximate surface area is 124 Å². The van der Waals surface area contributed by atoms with E-state index in [2.05, 4.69) is 48.3 Å². The van der Waals surface area contributed by atoms with Crippen LogP contribution in [0, 0.1) is 5.92 Å². The molecule has 112 valence electrons. The van der Waals surface area contributed by atoms with Crippen LogP contribution in [0.25, 0.3) is 0 Å². The van der Waals surface area contributed by atoms with Crippen molar-refractivity contribution in [1.82, 2.24) is 10.2 Å². The topological polar surface area (TPSA) is 15.3 Å². The summed E-state index contributed by atoms with van der Waals surface area (Å²) in [6.07, 6.45) is 5.55. The molecule has 2 nitrogen and oxygen atoms in total. The van der Waals surface area contributed by atoms with Gasteiger partial charge in [-0.25, -0.2) is 0 Å². The molecule has 0 atom stereocenters. The third-order valence-corrected chi connectivity index (χ3v) is 4.48. The van der Waals surface area contributed by atoms with E-state index in [0.29, 0.717) is 0 Å². The summed E-state index contributed by atoms with van der Waals surface area (Å²) < 4.78 is 0. The molecule has 20 heavy (non-hydrogen) atoms. The Balaban J connectivity index is 1.87. The van der Waals surface area contributed by atoms with E-state index in [4.69, 9.17) is 0 Å². The van der Waals surface area contributed by atoms with Crippen LogP contribution in [0.15, 0.2) is 24.3 Å². The molecule has 0 amide bonds. The molecule has 1 heterocycles. The van der Waals surface area contributed by atoms with Gasteiger partial charge in [-0.05, 0) is 49.5 Å². The number of hydrogen-bond acceptors (Lipinski definition) is 2. The molecule has 1 aromatic rings. The first kappa shape index (κ1) is 15.5. The molecule has 1 fully saturated rings. The van der Waals surface area contributed by atoms with Crippen LogP contribution in [0.4, 0.5) is 0 Å². The highest BCUT2D eigenvalue weighted by molar-refractivity contribution is 5.27. The van der Waals surface area contributed by atoms with Crippen LogP contribution >= 0.6 is 0 Å². The van der Waals surface area contributed by atoms with Crippen molar-refractivity contribution >= 4 is 0 Å². The zero-order valence-corrected chi connectivity index (χ0v) is 13.2. The lowest BCUT2D eigenvalue weighted by Crippen LogP contribution is -2.33. The quantitative estimate of drug-likeness (QED) is 0.813. The highest BCUT2D eigenvalue weighted by atomic mass is 15.1. The van der Waals surface area contributed by atoms with Crippen LogP contribution in [0.3, 0.4) is 0 Å². The molecule has 2 heteroatoms. The average molecular weight is 274 g/mol. The van der Waals surface area contributed by atoms with Gasteiger partial charge in [0.2, 0.25) is 0 Å². The minimum Gasteiger partial charge on any atom is -0.313 e. The van der Waals surface area contributed by atoms with Crippen molar-refractivity contribution in [3.05, 3.63) is 35.4 Å². The first-order valence-electron chi connectivity index (χ1n) is 8.33. The number of hydrogen-bond donors (Lipinski definition) is 1. The molecule has 1 aromatic carbocycles. The Morgan fingerprint density at radius 2 is 1.80 bits per heavy atom. The molecule has 0 bridgehead atoms. The normalized spacial score (nSPS) is 17.5. The van der Waals surface area contributed by atoms with Gasteiger partial charge in [0.15, 0.2) is 0 Å². The number of piperidine rings is 1. The number of likely N-dealkylation sites (tertiary alicyclic amines) is 1. The van der Waals surface area contributed by atoms with Crippen molar-refractivity contribution in [3.63, 3.8) is 0 Å². The highest BCUT2D eigenvalue weighted by Gasteiger charge is 2.18. The maximum atomic E-state index is 3.45. The molecule has 0 unspecified atom stereocenters. The van der Waals surface area contributed by atoms with Gasteiger partial charge in [-0.2, -0.15) is 0 Å². The van der Waals surface area contributed by atoms with Crippen molar-refractivity contribution in [2.75, 3.05) is 19.6 Å². The average Bonchev–Trinajstić information content (AvgIpc) is 2.49. The van der Waals surface area contributed by atoms with Gasteiger partial charge in [0.05, 0.1) is 0 Å². The first-order chi connectivity index (χ1) is 9.83. The molecule has 1 N–H and O–H groups in total. The third kappa shape index (κ3) is 4.60. The molecule has 0 aromatic heterocycles. The van der Waals surface area contributed by atoms with Gasteiger partial charge < -0.3 is 5.32 Å². The van der Waals surface area contributed by atoms with E-state index < -0.39 is 0 Å². The largest absolute Gasteiger partial charge is 0.313 e. The number of benzene rings is 1. The van der Waals surface area contributed by atoms with E-state index in [1.165, 1.54) is 49.9 Å². The smallest absolute Gasteiger partial charge is 0.0236 e. The number of rotatable bonds is 7. The summed E-state index contributed by atoms with van der Waals surface area (Å²) in [6.45, 7) is 10.2. The zero-order valence-electron chi connectivity index (χ0n) is 13.2. The fourth-order valence-corrected chi connectivity index (χ4v) is 3.23. The van der Waals surface area contributed by atoms with Crippen LogP contribution in [-0.4, -0.2) is 24.5 Å². The Kier molecular flexibility index (Phi) is 6.55. The molecule has 0 spiro atoms. The van der Waals surface area contributed by atoms with Crippen LogP contribution < -0.4 is 5.32 Å². The van der Waals surface area contributed by atoms with Gasteiger partial charge >= 0.3 is 0 Å². The summed E-state index contributed by atoms with van der Waals surface area (Å²) in [4.78, 5) is 2.64. The molecule has 0 aliphatic carbocycles. The fraction of sp³-hybridized carbons (Fsp3) is 0.667. The maximum absolute atomic E-state index is 3.45. The van der Waals surface area contributed by atoms with Gasteiger partial charge in [0, 0.05) is 13.1 Å². The summed E-state index contributed by atoms with van der Waals surface area (Å²) in [5, 5.41) is 3.45. The third-order valence-electron chi connectivity index (χ3n) is 4.48. The van der Waals surface area contributed by atoms with E-state index >= 15 is 0 Å². The highest BCUT2D eigenvalue weighted by Crippen LogP contribution is 2.23. The van der Waals surface area contributed by atoms with Gasteiger partial charge in [-0.1, -0.05) is 51.0 Å². The molecule has 1 aliphatic heterocycles. The molecule has 1 saturated heterocycles. The number of nitrogens with zero attached hydrogens (tertiary/aromatic N) is 1. The molecule has 0 radical (unpaired) electrons. The van der Waals surface area contributed by atoms with Crippen molar-refractivity contribution < 1.29 is 0 Å². The second-order valence-electron chi connectivity index (χ2n) is 6.06. The Morgan fingerprint density at radius 3 is 2.45 bits per heavy atom. The molecular formula is C18H30N2. The van der Waals surface area contributed by atoms with Crippen LogP contribution in [0.2, 0.25) is 0 Å². The predicted octanol–water partition coefficient (Wildman–Crippen LogP) is 3.81. The molecule has 1 aliphatic rings. The van der Waals surface area contributed by atoms with Crippen LogP contribution in [0.5, 0.6) is 0 Å². The summed E-state index contributed by atoms with van der Waals surface area (Å²) >= 11 is 0. The standard InChI is InChI=1S/C18H30N2/c1-3-7-16-10-12-20(13-11-16)15-18-9-6-5-8-17(18)14-19-4-2/h5-6,8-9,16,19H,3-4,7,10-15H2,1-2H3.